The monoisotopic (exact) mass is 285 g/mol. The molecule has 0 aromatic carbocycles. The normalized spacial score (nSPS) is 23.1. The SMILES string of the molecule is CCC1=NSC(Br)(Br)C1=O. The lowest BCUT2D eigenvalue weighted by Gasteiger charge is -2.05. The van der Waals surface area contributed by atoms with Crippen LogP contribution < -0.4 is 0 Å². The Hall–Kier alpha value is 0.650. The number of rotatable bonds is 1. The molecule has 0 fully saturated rings. The van der Waals surface area contributed by atoms with E-state index in [2.05, 4.69) is 36.3 Å². The van der Waals surface area contributed by atoms with Crippen molar-refractivity contribution in [1.82, 2.24) is 0 Å². The molecule has 0 atom stereocenters. The first-order chi connectivity index (χ1) is 4.58. The third-order valence-corrected chi connectivity index (χ3v) is 3.45. The average molecular weight is 287 g/mol. The van der Waals surface area contributed by atoms with Gasteiger partial charge >= 0.3 is 0 Å². The lowest BCUT2D eigenvalue weighted by atomic mass is 10.2. The van der Waals surface area contributed by atoms with E-state index in [0.29, 0.717) is 12.1 Å². The molecule has 5 heteroatoms. The van der Waals surface area contributed by atoms with Gasteiger partial charge in [0.25, 0.3) is 0 Å². The Kier molecular flexibility index (Phi) is 2.58. The number of nitrogens with zero attached hydrogens (tertiary/aromatic N) is 1. The summed E-state index contributed by atoms with van der Waals surface area (Å²) in [6, 6.07) is 0. The predicted octanol–water partition coefficient (Wildman–Crippen LogP) is 2.51. The molecule has 0 aromatic heterocycles. The number of alkyl halides is 2. The zero-order chi connectivity index (χ0) is 7.78. The van der Waals surface area contributed by atoms with Crippen molar-refractivity contribution in [1.29, 1.82) is 0 Å². The Balaban J connectivity index is 2.80. The van der Waals surface area contributed by atoms with Gasteiger partial charge in [0.05, 0.1) is 5.71 Å². The van der Waals surface area contributed by atoms with Gasteiger partial charge in [0, 0.05) is 11.9 Å². The number of halogens is 2. The second-order valence-electron chi connectivity index (χ2n) is 1.83. The fraction of sp³-hybridized carbons (Fsp3) is 0.600. The highest BCUT2D eigenvalue weighted by Crippen LogP contribution is 2.45. The molecule has 2 nitrogen and oxygen atoms in total. The van der Waals surface area contributed by atoms with Gasteiger partial charge in [0.15, 0.2) is 0 Å². The lowest BCUT2D eigenvalue weighted by molar-refractivity contribution is -0.111. The van der Waals surface area contributed by atoms with Crippen LogP contribution in [0.15, 0.2) is 4.40 Å². The third-order valence-electron chi connectivity index (χ3n) is 1.13. The summed E-state index contributed by atoms with van der Waals surface area (Å²) in [5.41, 5.74) is 0.638. The average Bonchev–Trinajstić information content (AvgIpc) is 2.10. The summed E-state index contributed by atoms with van der Waals surface area (Å²) < 4.78 is 3.30. The number of carbonyl (C=O) groups excluding carboxylic acids is 1. The molecule has 1 rings (SSSR count). The minimum absolute atomic E-state index is 0.0278. The van der Waals surface area contributed by atoms with Gasteiger partial charge in [-0.25, -0.2) is 4.40 Å². The van der Waals surface area contributed by atoms with Gasteiger partial charge in [-0.1, -0.05) is 6.92 Å². The van der Waals surface area contributed by atoms with Crippen molar-refractivity contribution in [2.45, 2.75) is 15.9 Å². The van der Waals surface area contributed by atoms with E-state index in [1.807, 2.05) is 6.92 Å². The molecule has 0 saturated heterocycles. The maximum absolute atomic E-state index is 11.2. The fourth-order valence-corrected chi connectivity index (χ4v) is 2.12. The van der Waals surface area contributed by atoms with Crippen molar-refractivity contribution in [3.8, 4) is 0 Å². The van der Waals surface area contributed by atoms with Crippen molar-refractivity contribution in [3.05, 3.63) is 0 Å². The molecule has 0 aliphatic carbocycles. The summed E-state index contributed by atoms with van der Waals surface area (Å²) in [7, 11) is 0. The highest BCUT2D eigenvalue weighted by atomic mass is 79.9. The van der Waals surface area contributed by atoms with Crippen LogP contribution in [-0.2, 0) is 4.79 Å². The van der Waals surface area contributed by atoms with Gasteiger partial charge in [-0.2, -0.15) is 0 Å². The van der Waals surface area contributed by atoms with Gasteiger partial charge in [-0.3, -0.25) is 4.79 Å². The molecule has 10 heavy (non-hydrogen) atoms. The molecule has 1 aliphatic rings. The Morgan fingerprint density at radius 1 is 1.70 bits per heavy atom. The maximum Gasteiger partial charge on any atom is 0.217 e. The topological polar surface area (TPSA) is 29.4 Å². The summed E-state index contributed by atoms with van der Waals surface area (Å²) in [6.45, 7) is 1.92. The van der Waals surface area contributed by atoms with Crippen LogP contribution in [0.3, 0.4) is 0 Å². The summed E-state index contributed by atoms with van der Waals surface area (Å²) in [5, 5.41) is 0. The van der Waals surface area contributed by atoms with Gasteiger partial charge in [0.2, 0.25) is 8.35 Å². The van der Waals surface area contributed by atoms with Crippen molar-refractivity contribution >= 4 is 55.3 Å². The van der Waals surface area contributed by atoms with Crippen LogP contribution >= 0.6 is 43.8 Å². The number of Topliss-reactive ketones (excluding diaryl/α,β-unsaturated/α-hetero) is 1. The van der Waals surface area contributed by atoms with E-state index in [1.54, 1.807) is 0 Å². The highest BCUT2D eigenvalue weighted by Gasteiger charge is 2.40. The molecule has 0 aromatic rings. The predicted molar refractivity (Wildman–Crippen MR) is 50.9 cm³/mol. The largest absolute Gasteiger partial charge is 0.289 e. The first-order valence-electron chi connectivity index (χ1n) is 2.75. The van der Waals surface area contributed by atoms with E-state index in [4.69, 9.17) is 0 Å². The van der Waals surface area contributed by atoms with E-state index in [-0.39, 0.29) is 5.78 Å². The molecule has 0 amide bonds. The quantitative estimate of drug-likeness (QED) is 0.548. The Labute approximate surface area is 80.2 Å². The van der Waals surface area contributed by atoms with Crippen LogP contribution in [0.25, 0.3) is 0 Å². The van der Waals surface area contributed by atoms with Crippen LogP contribution in [-0.4, -0.2) is 14.1 Å². The first kappa shape index (κ1) is 8.74. The minimum Gasteiger partial charge on any atom is -0.289 e. The van der Waals surface area contributed by atoms with E-state index < -0.39 is 2.57 Å². The Morgan fingerprint density at radius 3 is 2.50 bits per heavy atom. The van der Waals surface area contributed by atoms with Crippen LogP contribution in [0.1, 0.15) is 13.3 Å². The third kappa shape index (κ3) is 1.46. The Morgan fingerprint density at radius 2 is 2.30 bits per heavy atom. The summed E-state index contributed by atoms with van der Waals surface area (Å²) in [4.78, 5) is 11.2. The lowest BCUT2D eigenvalue weighted by Crippen LogP contribution is -2.22. The fourth-order valence-electron chi connectivity index (χ4n) is 0.588. The van der Waals surface area contributed by atoms with E-state index >= 15 is 0 Å². The van der Waals surface area contributed by atoms with Crippen LogP contribution in [0.5, 0.6) is 0 Å². The number of ketones is 1. The summed E-state index contributed by atoms with van der Waals surface area (Å²) >= 11 is 7.62. The van der Waals surface area contributed by atoms with Gasteiger partial charge in [0.1, 0.15) is 0 Å². The maximum atomic E-state index is 11.2. The second kappa shape index (κ2) is 2.95. The Bertz CT molecular complexity index is 202. The molecular formula is C5H5Br2NOS. The van der Waals surface area contributed by atoms with Gasteiger partial charge in [-0.05, 0) is 38.3 Å². The smallest absolute Gasteiger partial charge is 0.217 e. The molecule has 56 valence electrons. The summed E-state index contributed by atoms with van der Waals surface area (Å²) in [5.74, 6) is 0.0278. The van der Waals surface area contributed by atoms with E-state index in [9.17, 15) is 4.79 Å². The number of hydrogen-bond donors (Lipinski definition) is 0. The van der Waals surface area contributed by atoms with E-state index in [1.165, 1.54) is 11.9 Å². The van der Waals surface area contributed by atoms with Crippen molar-refractivity contribution in [2.75, 3.05) is 0 Å². The van der Waals surface area contributed by atoms with Gasteiger partial charge in [-0.15, -0.1) is 0 Å². The molecule has 0 unspecified atom stereocenters. The minimum atomic E-state index is -0.675. The van der Waals surface area contributed by atoms with Crippen LogP contribution in [0, 0.1) is 0 Å². The molecule has 0 spiro atoms. The standard InChI is InChI=1S/C5H5Br2NOS/c1-2-3-4(9)5(6,7)10-8-3/h2H2,1H3. The summed E-state index contributed by atoms with van der Waals surface area (Å²) in [6.07, 6.45) is 0.699. The van der Waals surface area contributed by atoms with Crippen LogP contribution in [0.2, 0.25) is 0 Å². The highest BCUT2D eigenvalue weighted by molar-refractivity contribution is 9.28. The van der Waals surface area contributed by atoms with Crippen molar-refractivity contribution in [3.63, 3.8) is 0 Å². The first-order valence-corrected chi connectivity index (χ1v) is 5.11. The number of carbonyl (C=O) groups is 1. The molecule has 0 radical (unpaired) electrons. The zero-order valence-electron chi connectivity index (χ0n) is 5.23. The van der Waals surface area contributed by atoms with Crippen LogP contribution in [0.4, 0.5) is 0 Å². The van der Waals surface area contributed by atoms with Crippen molar-refractivity contribution in [2.24, 2.45) is 4.40 Å². The molecule has 0 N–H and O–H groups in total. The molecule has 0 bridgehead atoms. The molecule has 1 aliphatic heterocycles. The zero-order valence-corrected chi connectivity index (χ0v) is 9.22. The molecule has 1 heterocycles. The second-order valence-corrected chi connectivity index (χ2v) is 7.30. The van der Waals surface area contributed by atoms with E-state index in [0.717, 1.165) is 0 Å². The van der Waals surface area contributed by atoms with Gasteiger partial charge < -0.3 is 0 Å². The van der Waals surface area contributed by atoms with Crippen molar-refractivity contribution < 1.29 is 4.79 Å². The number of hydrogen-bond acceptors (Lipinski definition) is 3. The molecular weight excluding hydrogens is 282 g/mol. The molecule has 0 saturated carbocycles.